The van der Waals surface area contributed by atoms with E-state index in [1.54, 1.807) is 0 Å². The first kappa shape index (κ1) is 37.9. The Morgan fingerprint density at radius 2 is 1.00 bits per heavy atom. The number of carbonyl (C=O) groups is 1. The van der Waals surface area contributed by atoms with Gasteiger partial charge in [-0.3, -0.25) is 4.79 Å². The lowest BCUT2D eigenvalue weighted by Gasteiger charge is -2.48. The first-order chi connectivity index (χ1) is 25.6. The van der Waals surface area contributed by atoms with Crippen LogP contribution in [0.3, 0.4) is 0 Å². The predicted molar refractivity (Wildman–Crippen MR) is 201 cm³/mol. The fourth-order valence-corrected chi connectivity index (χ4v) is 7.78. The molecular formula is C45H54O7. The van der Waals surface area contributed by atoms with Crippen molar-refractivity contribution in [3.63, 3.8) is 0 Å². The summed E-state index contributed by atoms with van der Waals surface area (Å²) in [6.07, 6.45) is 5.02. The average molecular weight is 707 g/mol. The van der Waals surface area contributed by atoms with Crippen molar-refractivity contribution in [2.24, 2.45) is 11.8 Å². The molecule has 7 heteroatoms. The average Bonchev–Trinajstić information content (AvgIpc) is 3.29. The van der Waals surface area contributed by atoms with Gasteiger partial charge in [0.2, 0.25) is 0 Å². The van der Waals surface area contributed by atoms with Crippen molar-refractivity contribution < 1.29 is 33.6 Å². The zero-order valence-corrected chi connectivity index (χ0v) is 30.2. The molecule has 1 saturated carbocycles. The van der Waals surface area contributed by atoms with Crippen molar-refractivity contribution in [2.75, 3.05) is 6.61 Å². The van der Waals surface area contributed by atoms with Gasteiger partial charge in [-0.25, -0.2) is 0 Å². The fraction of sp³-hybridized carbons (Fsp3) is 0.444. The van der Waals surface area contributed by atoms with Crippen LogP contribution in [0.4, 0.5) is 0 Å². The summed E-state index contributed by atoms with van der Waals surface area (Å²) in [5.74, 6) is -0.284. The minimum atomic E-state index is -0.705. The zero-order valence-electron chi connectivity index (χ0n) is 30.2. The van der Waals surface area contributed by atoms with E-state index in [4.69, 9.17) is 23.7 Å². The van der Waals surface area contributed by atoms with Crippen molar-refractivity contribution in [3.8, 4) is 0 Å². The molecule has 1 heterocycles. The number of carboxylic acid groups (broad SMARTS) is 1. The molecule has 1 aliphatic heterocycles. The zero-order chi connectivity index (χ0) is 35.8. The van der Waals surface area contributed by atoms with Crippen LogP contribution in [0.2, 0.25) is 0 Å². The summed E-state index contributed by atoms with van der Waals surface area (Å²) in [7, 11) is 0. The van der Waals surface area contributed by atoms with Crippen molar-refractivity contribution in [1.82, 2.24) is 0 Å². The molecule has 2 unspecified atom stereocenters. The first-order valence-corrected chi connectivity index (χ1v) is 19.1. The third-order valence-electron chi connectivity index (χ3n) is 10.5. The fourth-order valence-electron chi connectivity index (χ4n) is 7.78. The quantitative estimate of drug-likeness (QED) is 0.124. The standard InChI is InChI=1S/C45H54O7/c46-41(47)28-34-16-13-14-26-39(27-15-25-34)42-44(50-31-37-21-9-3-10-22-37)45(51-32-38-23-11-4-12-24-38)43(49-30-36-19-7-2-8-20-36)40(52-42)33-48-29-35-17-5-1-6-18-35/h1-12,17-24,34,39-40,42-45H,13-16,25-33H2,(H,46,47)/t34?,39?,40-,42+,43-,44+,45+/m1/s1. The van der Waals surface area contributed by atoms with E-state index in [0.717, 1.165) is 67.2 Å². The van der Waals surface area contributed by atoms with E-state index < -0.39 is 30.4 Å². The molecule has 4 aromatic rings. The second-order valence-electron chi connectivity index (χ2n) is 14.4. The number of rotatable bonds is 16. The topological polar surface area (TPSA) is 83.5 Å². The van der Waals surface area contributed by atoms with Gasteiger partial charge in [0.05, 0.1) is 39.1 Å². The van der Waals surface area contributed by atoms with Gasteiger partial charge < -0.3 is 28.8 Å². The Morgan fingerprint density at radius 1 is 0.558 bits per heavy atom. The highest BCUT2D eigenvalue weighted by molar-refractivity contribution is 5.67. The van der Waals surface area contributed by atoms with Crippen LogP contribution in [0, 0.1) is 11.8 Å². The molecule has 1 aliphatic carbocycles. The molecule has 1 N–H and O–H groups in total. The number of benzene rings is 4. The van der Waals surface area contributed by atoms with Crippen molar-refractivity contribution in [2.45, 2.75) is 108 Å². The van der Waals surface area contributed by atoms with Gasteiger partial charge in [-0.1, -0.05) is 141 Å². The maximum atomic E-state index is 11.6. The highest BCUT2D eigenvalue weighted by Gasteiger charge is 2.50. The first-order valence-electron chi connectivity index (χ1n) is 19.1. The van der Waals surface area contributed by atoms with Gasteiger partial charge in [0.1, 0.15) is 24.4 Å². The summed E-state index contributed by atoms with van der Waals surface area (Å²) in [5.41, 5.74) is 4.34. The van der Waals surface area contributed by atoms with Crippen LogP contribution in [0.5, 0.6) is 0 Å². The van der Waals surface area contributed by atoms with Crippen LogP contribution >= 0.6 is 0 Å². The van der Waals surface area contributed by atoms with Crippen LogP contribution < -0.4 is 0 Å². The molecular weight excluding hydrogens is 652 g/mol. The summed E-state index contributed by atoms with van der Waals surface area (Å²) in [5, 5.41) is 9.54. The third kappa shape index (κ3) is 11.6. The number of ether oxygens (including phenoxy) is 5. The summed E-state index contributed by atoms with van der Waals surface area (Å²) in [6, 6.07) is 41.0. The maximum absolute atomic E-state index is 11.6. The largest absolute Gasteiger partial charge is 0.481 e. The van der Waals surface area contributed by atoms with Crippen molar-refractivity contribution in [1.29, 1.82) is 0 Å². The summed E-state index contributed by atoms with van der Waals surface area (Å²) in [6.45, 7) is 2.04. The Balaban J connectivity index is 1.31. The maximum Gasteiger partial charge on any atom is 0.303 e. The third-order valence-corrected chi connectivity index (χ3v) is 10.5. The normalized spacial score (nSPS) is 25.4. The molecule has 0 spiro atoms. The summed E-state index contributed by atoms with van der Waals surface area (Å²) < 4.78 is 34.4. The van der Waals surface area contributed by atoms with Gasteiger partial charge in [-0.05, 0) is 59.8 Å². The second-order valence-corrected chi connectivity index (χ2v) is 14.4. The lowest BCUT2D eigenvalue weighted by molar-refractivity contribution is -0.282. The molecule has 52 heavy (non-hydrogen) atoms. The molecule has 4 aromatic carbocycles. The molecule has 2 aliphatic rings. The Morgan fingerprint density at radius 3 is 1.54 bits per heavy atom. The monoisotopic (exact) mass is 706 g/mol. The molecule has 0 aromatic heterocycles. The number of carboxylic acids is 1. The molecule has 0 radical (unpaired) electrons. The number of hydrogen-bond acceptors (Lipinski definition) is 6. The Hall–Kier alpha value is -3.85. The Kier molecular flexibility index (Phi) is 14.9. The lowest BCUT2D eigenvalue weighted by Crippen LogP contribution is -2.62. The van der Waals surface area contributed by atoms with Gasteiger partial charge in [0.15, 0.2) is 0 Å². The molecule has 2 fully saturated rings. The van der Waals surface area contributed by atoms with E-state index >= 15 is 0 Å². The van der Waals surface area contributed by atoms with E-state index in [-0.39, 0.29) is 24.4 Å². The molecule has 1 saturated heterocycles. The molecule has 0 amide bonds. The highest BCUT2D eigenvalue weighted by Crippen LogP contribution is 2.38. The number of hydrogen-bond donors (Lipinski definition) is 1. The smallest absolute Gasteiger partial charge is 0.303 e. The summed E-state index contributed by atoms with van der Waals surface area (Å²) >= 11 is 0. The Labute approximate surface area is 309 Å². The van der Waals surface area contributed by atoms with Crippen LogP contribution in [0.1, 0.15) is 73.6 Å². The van der Waals surface area contributed by atoms with E-state index in [1.807, 2.05) is 72.8 Å². The van der Waals surface area contributed by atoms with Crippen molar-refractivity contribution in [3.05, 3.63) is 144 Å². The SMILES string of the molecule is O=C(O)CC1CCCCC([C@@H]2O[C@H](COCc3ccccc3)[C@@H](OCc3ccccc3)[C@H](OCc3ccccc3)[C@H]2OCc2ccccc2)CCC1. The van der Waals surface area contributed by atoms with Gasteiger partial charge in [-0.15, -0.1) is 0 Å². The molecule has 7 atom stereocenters. The van der Waals surface area contributed by atoms with Crippen LogP contribution in [-0.4, -0.2) is 48.2 Å². The summed E-state index contributed by atoms with van der Waals surface area (Å²) in [4.78, 5) is 11.6. The van der Waals surface area contributed by atoms with Gasteiger partial charge in [-0.2, -0.15) is 0 Å². The van der Waals surface area contributed by atoms with Gasteiger partial charge in [0.25, 0.3) is 0 Å². The minimum Gasteiger partial charge on any atom is -0.481 e. The van der Waals surface area contributed by atoms with E-state index in [0.29, 0.717) is 33.0 Å². The number of aliphatic carboxylic acids is 1. The van der Waals surface area contributed by atoms with Crippen LogP contribution in [-0.2, 0) is 54.9 Å². The van der Waals surface area contributed by atoms with Crippen molar-refractivity contribution >= 4 is 5.97 Å². The van der Waals surface area contributed by atoms with Gasteiger partial charge >= 0.3 is 5.97 Å². The van der Waals surface area contributed by atoms with E-state index in [2.05, 4.69) is 48.5 Å². The minimum absolute atomic E-state index is 0.207. The molecule has 7 nitrogen and oxygen atoms in total. The molecule has 6 rings (SSSR count). The lowest BCUT2D eigenvalue weighted by atomic mass is 9.82. The van der Waals surface area contributed by atoms with Gasteiger partial charge in [0, 0.05) is 6.42 Å². The predicted octanol–water partition coefficient (Wildman–Crippen LogP) is 9.18. The van der Waals surface area contributed by atoms with E-state index in [9.17, 15) is 9.90 Å². The van der Waals surface area contributed by atoms with Crippen LogP contribution in [0.25, 0.3) is 0 Å². The highest BCUT2D eigenvalue weighted by atomic mass is 16.6. The second kappa shape index (κ2) is 20.4. The molecule has 276 valence electrons. The van der Waals surface area contributed by atoms with Crippen LogP contribution in [0.15, 0.2) is 121 Å². The Bertz CT molecular complexity index is 1570. The van der Waals surface area contributed by atoms with E-state index in [1.165, 1.54) is 0 Å². The molecule has 0 bridgehead atoms.